The first-order valence-corrected chi connectivity index (χ1v) is 11.4. The molecule has 162 valence electrons. The van der Waals surface area contributed by atoms with E-state index in [4.69, 9.17) is 9.84 Å². The van der Waals surface area contributed by atoms with Crippen molar-refractivity contribution in [3.63, 3.8) is 0 Å². The van der Waals surface area contributed by atoms with E-state index < -0.39 is 0 Å². The van der Waals surface area contributed by atoms with Crippen LogP contribution in [0.3, 0.4) is 0 Å². The Hall–Kier alpha value is -3.83. The van der Waals surface area contributed by atoms with Gasteiger partial charge >= 0.3 is 0 Å². The summed E-state index contributed by atoms with van der Waals surface area (Å²) in [5, 5.41) is 8.73. The molecule has 0 aliphatic heterocycles. The van der Waals surface area contributed by atoms with Crippen molar-refractivity contribution in [1.82, 2.24) is 9.78 Å². The number of benzene rings is 4. The highest BCUT2D eigenvalue weighted by molar-refractivity contribution is 9.10. The number of hydrogen-bond acceptors (Lipinski definition) is 3. The van der Waals surface area contributed by atoms with Crippen LogP contribution in [0.15, 0.2) is 114 Å². The van der Waals surface area contributed by atoms with Gasteiger partial charge in [-0.25, -0.2) is 4.68 Å². The van der Waals surface area contributed by atoms with E-state index in [9.17, 15) is 0 Å². The van der Waals surface area contributed by atoms with Gasteiger partial charge in [-0.05, 0) is 54.1 Å². The predicted molar refractivity (Wildman–Crippen MR) is 138 cm³/mol. The molecular weight excluding hydrogens is 474 g/mol. The van der Waals surface area contributed by atoms with E-state index in [1.165, 1.54) is 0 Å². The maximum Gasteiger partial charge on any atom is 0.142 e. The average Bonchev–Trinajstić information content (AvgIpc) is 3.25. The van der Waals surface area contributed by atoms with E-state index in [1.807, 2.05) is 65.3 Å². The fraction of sp³-hybridized carbons (Fsp3) is 0.0357. The summed E-state index contributed by atoms with van der Waals surface area (Å²) in [7, 11) is 1.67. The van der Waals surface area contributed by atoms with Crippen LogP contribution >= 0.6 is 15.9 Å². The van der Waals surface area contributed by atoms with Crippen LogP contribution in [0, 0.1) is 0 Å². The fourth-order valence-electron chi connectivity index (χ4n) is 3.79. The monoisotopic (exact) mass is 495 g/mol. The van der Waals surface area contributed by atoms with E-state index in [2.05, 4.69) is 69.8 Å². The molecule has 4 nitrogen and oxygen atoms in total. The van der Waals surface area contributed by atoms with Crippen molar-refractivity contribution in [2.45, 2.75) is 0 Å². The van der Waals surface area contributed by atoms with E-state index >= 15 is 0 Å². The number of methoxy groups -OCH3 is 1. The molecule has 0 aliphatic carbocycles. The summed E-state index contributed by atoms with van der Waals surface area (Å²) in [5.41, 5.74) is 6.03. The molecule has 0 bridgehead atoms. The zero-order valence-electron chi connectivity index (χ0n) is 18.1. The van der Waals surface area contributed by atoms with Gasteiger partial charge in [0.25, 0.3) is 0 Å². The SMILES string of the molecule is COc1ccc(Nc2c(-c3ccccc3)c(-c3ccccc3)nn2-c2ccc(Br)cc2)cc1. The zero-order valence-corrected chi connectivity index (χ0v) is 19.7. The number of halogens is 1. The molecule has 5 rings (SSSR count). The topological polar surface area (TPSA) is 39.1 Å². The molecule has 0 atom stereocenters. The first kappa shape index (κ1) is 21.0. The molecule has 0 amide bonds. The van der Waals surface area contributed by atoms with Gasteiger partial charge in [-0.15, -0.1) is 0 Å². The van der Waals surface area contributed by atoms with Gasteiger partial charge in [0.1, 0.15) is 17.3 Å². The second-order valence-corrected chi connectivity index (χ2v) is 8.46. The minimum Gasteiger partial charge on any atom is -0.497 e. The lowest BCUT2D eigenvalue weighted by Gasteiger charge is -2.13. The third kappa shape index (κ3) is 4.41. The molecule has 5 aromatic rings. The van der Waals surface area contributed by atoms with Gasteiger partial charge in [-0.2, -0.15) is 5.10 Å². The standard InChI is InChI=1S/C28H22BrN3O/c1-33-25-18-14-23(15-19-25)30-28-26(20-8-4-2-5-9-20)27(21-10-6-3-7-11-21)31-32(28)24-16-12-22(29)13-17-24/h2-19,30H,1H3. The summed E-state index contributed by atoms with van der Waals surface area (Å²) >= 11 is 3.54. The van der Waals surface area contributed by atoms with Crippen molar-refractivity contribution in [2.75, 3.05) is 12.4 Å². The number of ether oxygens (including phenoxy) is 1. The molecule has 5 heteroatoms. The second-order valence-electron chi connectivity index (χ2n) is 7.55. The normalized spacial score (nSPS) is 10.7. The van der Waals surface area contributed by atoms with Crippen LogP contribution in [-0.4, -0.2) is 16.9 Å². The van der Waals surface area contributed by atoms with Crippen LogP contribution in [-0.2, 0) is 0 Å². The highest BCUT2D eigenvalue weighted by Gasteiger charge is 2.22. The third-order valence-electron chi connectivity index (χ3n) is 5.42. The number of aromatic nitrogens is 2. The van der Waals surface area contributed by atoms with Crippen molar-refractivity contribution in [3.8, 4) is 33.8 Å². The smallest absolute Gasteiger partial charge is 0.142 e. The Labute approximate surface area is 201 Å². The first-order chi connectivity index (χ1) is 16.2. The van der Waals surface area contributed by atoms with Gasteiger partial charge in [-0.1, -0.05) is 76.6 Å². The van der Waals surface area contributed by atoms with Crippen LogP contribution in [0.5, 0.6) is 5.75 Å². The highest BCUT2D eigenvalue weighted by atomic mass is 79.9. The molecule has 0 saturated carbocycles. The molecular formula is C28H22BrN3O. The van der Waals surface area contributed by atoms with Gasteiger partial charge < -0.3 is 10.1 Å². The Bertz CT molecular complexity index is 1350. The lowest BCUT2D eigenvalue weighted by Crippen LogP contribution is -2.03. The molecule has 1 heterocycles. The molecule has 0 radical (unpaired) electrons. The summed E-state index contributed by atoms with van der Waals surface area (Å²) in [6.07, 6.45) is 0. The number of nitrogens with zero attached hydrogens (tertiary/aromatic N) is 2. The Kier molecular flexibility index (Phi) is 5.96. The van der Waals surface area contributed by atoms with Crippen LogP contribution in [0.2, 0.25) is 0 Å². The lowest BCUT2D eigenvalue weighted by atomic mass is 10.0. The molecule has 0 saturated heterocycles. The first-order valence-electron chi connectivity index (χ1n) is 10.6. The highest BCUT2D eigenvalue weighted by Crippen LogP contribution is 2.40. The summed E-state index contributed by atoms with van der Waals surface area (Å²) < 4.78 is 8.33. The molecule has 33 heavy (non-hydrogen) atoms. The van der Waals surface area contributed by atoms with E-state index in [1.54, 1.807) is 7.11 Å². The average molecular weight is 496 g/mol. The zero-order chi connectivity index (χ0) is 22.6. The minimum absolute atomic E-state index is 0.815. The van der Waals surface area contributed by atoms with Gasteiger partial charge in [0.05, 0.1) is 18.4 Å². The Morgan fingerprint density at radius 1 is 0.727 bits per heavy atom. The van der Waals surface area contributed by atoms with Crippen molar-refractivity contribution >= 4 is 27.4 Å². The largest absolute Gasteiger partial charge is 0.497 e. The molecule has 1 N–H and O–H groups in total. The summed E-state index contributed by atoms with van der Waals surface area (Å²) in [5.74, 6) is 1.71. The number of nitrogens with one attached hydrogen (secondary N) is 1. The Morgan fingerprint density at radius 2 is 1.33 bits per heavy atom. The van der Waals surface area contributed by atoms with Crippen LogP contribution in [0.1, 0.15) is 0 Å². The van der Waals surface area contributed by atoms with Gasteiger partial charge in [0, 0.05) is 15.7 Å². The molecule has 1 aromatic heterocycles. The summed E-state index contributed by atoms with van der Waals surface area (Å²) in [6, 6.07) is 36.7. The van der Waals surface area contributed by atoms with E-state index in [0.717, 1.165) is 49.8 Å². The quantitative estimate of drug-likeness (QED) is 0.262. The number of rotatable bonds is 6. The molecule has 0 fully saturated rings. The Balaban J connectivity index is 1.75. The van der Waals surface area contributed by atoms with Gasteiger partial charge in [0.2, 0.25) is 0 Å². The van der Waals surface area contributed by atoms with Crippen LogP contribution < -0.4 is 10.1 Å². The lowest BCUT2D eigenvalue weighted by molar-refractivity contribution is 0.415. The van der Waals surface area contributed by atoms with Crippen molar-refractivity contribution < 1.29 is 4.74 Å². The van der Waals surface area contributed by atoms with Crippen molar-refractivity contribution in [2.24, 2.45) is 0 Å². The second kappa shape index (κ2) is 9.35. The third-order valence-corrected chi connectivity index (χ3v) is 5.95. The molecule has 4 aromatic carbocycles. The molecule has 0 aliphatic rings. The fourth-order valence-corrected chi connectivity index (χ4v) is 4.05. The van der Waals surface area contributed by atoms with E-state index in [0.29, 0.717) is 0 Å². The maximum atomic E-state index is 5.33. The van der Waals surface area contributed by atoms with Crippen molar-refractivity contribution in [3.05, 3.63) is 114 Å². The minimum atomic E-state index is 0.815. The van der Waals surface area contributed by atoms with Crippen molar-refractivity contribution in [1.29, 1.82) is 0 Å². The number of anilines is 2. The summed E-state index contributed by atoms with van der Waals surface area (Å²) in [6.45, 7) is 0. The summed E-state index contributed by atoms with van der Waals surface area (Å²) in [4.78, 5) is 0. The maximum absolute atomic E-state index is 5.33. The molecule has 0 unspecified atom stereocenters. The number of hydrogen-bond donors (Lipinski definition) is 1. The molecule has 0 spiro atoms. The van der Waals surface area contributed by atoms with Gasteiger partial charge in [0.15, 0.2) is 0 Å². The van der Waals surface area contributed by atoms with E-state index in [-0.39, 0.29) is 0 Å². The van der Waals surface area contributed by atoms with Gasteiger partial charge in [-0.3, -0.25) is 0 Å². The van der Waals surface area contributed by atoms with Crippen LogP contribution in [0.4, 0.5) is 11.5 Å². The van der Waals surface area contributed by atoms with Crippen LogP contribution in [0.25, 0.3) is 28.1 Å². The Morgan fingerprint density at radius 3 is 1.94 bits per heavy atom. The predicted octanol–water partition coefficient (Wildman–Crippen LogP) is 7.72.